The van der Waals surface area contributed by atoms with E-state index in [0.29, 0.717) is 31.5 Å². The number of carbonyl (C=O) groups excluding carboxylic acids is 1. The van der Waals surface area contributed by atoms with Crippen LogP contribution in [-0.4, -0.2) is 12.5 Å². The quantitative estimate of drug-likeness (QED) is 0.797. The van der Waals surface area contributed by atoms with Gasteiger partial charge in [-0.25, -0.2) is 0 Å². The second-order valence-corrected chi connectivity index (χ2v) is 5.72. The number of hydrogen-bond donors (Lipinski definition) is 1. The third-order valence-electron chi connectivity index (χ3n) is 2.46. The molecule has 0 saturated heterocycles. The number of halogens is 4. The standard InChI is InChI=1S/C14H9Cl4NO2/c15-8-2-4-12(11(18)5-8)19-14(20)7-21-13-6-9(16)1-3-10(13)17/h1-6H,7H2,(H,19,20). The predicted octanol–water partition coefficient (Wildman–Crippen LogP) is 5.32. The minimum absolute atomic E-state index is 0.223. The highest BCUT2D eigenvalue weighted by molar-refractivity contribution is 6.36. The molecule has 1 amide bonds. The molecule has 0 aliphatic carbocycles. The molecule has 110 valence electrons. The van der Waals surface area contributed by atoms with E-state index in [-0.39, 0.29) is 12.5 Å². The van der Waals surface area contributed by atoms with Gasteiger partial charge in [-0.15, -0.1) is 0 Å². The Bertz CT molecular complexity index is 676. The van der Waals surface area contributed by atoms with Gasteiger partial charge in [0.1, 0.15) is 5.75 Å². The van der Waals surface area contributed by atoms with Crippen LogP contribution in [0.5, 0.6) is 5.75 Å². The molecule has 0 fully saturated rings. The van der Waals surface area contributed by atoms with Gasteiger partial charge in [-0.2, -0.15) is 0 Å². The van der Waals surface area contributed by atoms with Gasteiger partial charge in [-0.05, 0) is 30.3 Å². The summed E-state index contributed by atoms with van der Waals surface area (Å²) in [6.07, 6.45) is 0. The largest absolute Gasteiger partial charge is 0.482 e. The van der Waals surface area contributed by atoms with Crippen molar-refractivity contribution in [3.05, 3.63) is 56.5 Å². The summed E-state index contributed by atoms with van der Waals surface area (Å²) in [4.78, 5) is 11.8. The molecule has 2 rings (SSSR count). The Labute approximate surface area is 141 Å². The molecule has 0 atom stereocenters. The zero-order valence-electron chi connectivity index (χ0n) is 10.5. The van der Waals surface area contributed by atoms with E-state index < -0.39 is 0 Å². The van der Waals surface area contributed by atoms with Gasteiger partial charge in [0.05, 0.1) is 15.7 Å². The minimum Gasteiger partial charge on any atom is -0.482 e. The van der Waals surface area contributed by atoms with Gasteiger partial charge in [0.15, 0.2) is 6.61 Å². The lowest BCUT2D eigenvalue weighted by atomic mass is 10.3. The van der Waals surface area contributed by atoms with E-state index in [2.05, 4.69) is 5.32 Å². The SMILES string of the molecule is O=C(COc1cc(Cl)ccc1Cl)Nc1ccc(Cl)cc1Cl. The summed E-state index contributed by atoms with van der Waals surface area (Å²) in [6, 6.07) is 9.52. The number of benzene rings is 2. The van der Waals surface area contributed by atoms with Crippen LogP contribution in [0.1, 0.15) is 0 Å². The van der Waals surface area contributed by atoms with Crippen LogP contribution in [0, 0.1) is 0 Å². The third kappa shape index (κ3) is 4.68. The van der Waals surface area contributed by atoms with Crippen molar-refractivity contribution in [3.8, 4) is 5.75 Å². The first-order valence-corrected chi connectivity index (χ1v) is 7.29. The van der Waals surface area contributed by atoms with Gasteiger partial charge in [0, 0.05) is 16.1 Å². The first-order chi connectivity index (χ1) is 9.95. The molecule has 0 radical (unpaired) electrons. The van der Waals surface area contributed by atoms with Crippen LogP contribution in [0.15, 0.2) is 36.4 Å². The molecule has 0 aliphatic rings. The van der Waals surface area contributed by atoms with Crippen LogP contribution in [0.25, 0.3) is 0 Å². The van der Waals surface area contributed by atoms with Crippen molar-refractivity contribution in [2.75, 3.05) is 11.9 Å². The molecule has 21 heavy (non-hydrogen) atoms. The van der Waals surface area contributed by atoms with Gasteiger partial charge < -0.3 is 10.1 Å². The molecular weight excluding hydrogens is 356 g/mol. The Morgan fingerprint density at radius 3 is 2.33 bits per heavy atom. The van der Waals surface area contributed by atoms with Crippen molar-refractivity contribution < 1.29 is 9.53 Å². The fourth-order valence-electron chi connectivity index (χ4n) is 1.51. The van der Waals surface area contributed by atoms with Crippen molar-refractivity contribution >= 4 is 58.0 Å². The zero-order valence-corrected chi connectivity index (χ0v) is 13.5. The van der Waals surface area contributed by atoms with Crippen LogP contribution >= 0.6 is 46.4 Å². The summed E-state index contributed by atoms with van der Waals surface area (Å²) in [5.74, 6) is -0.0446. The molecule has 0 bridgehead atoms. The molecular formula is C14H9Cl4NO2. The normalized spacial score (nSPS) is 10.3. The first kappa shape index (κ1) is 16.2. The number of amides is 1. The van der Waals surface area contributed by atoms with Crippen molar-refractivity contribution in [3.63, 3.8) is 0 Å². The summed E-state index contributed by atoms with van der Waals surface area (Å²) in [5.41, 5.74) is 0.451. The Morgan fingerprint density at radius 1 is 0.952 bits per heavy atom. The summed E-state index contributed by atoms with van der Waals surface area (Å²) in [6.45, 7) is -0.223. The highest BCUT2D eigenvalue weighted by Crippen LogP contribution is 2.28. The fourth-order valence-corrected chi connectivity index (χ4v) is 2.30. The van der Waals surface area contributed by atoms with Gasteiger partial charge in [0.2, 0.25) is 0 Å². The molecule has 1 N–H and O–H groups in total. The molecule has 3 nitrogen and oxygen atoms in total. The maximum Gasteiger partial charge on any atom is 0.262 e. The van der Waals surface area contributed by atoms with E-state index in [9.17, 15) is 4.79 Å². The first-order valence-electron chi connectivity index (χ1n) is 5.78. The maximum atomic E-state index is 11.8. The van der Waals surface area contributed by atoms with Crippen LogP contribution in [-0.2, 0) is 4.79 Å². The van der Waals surface area contributed by atoms with Crippen LogP contribution in [0.3, 0.4) is 0 Å². The van der Waals surface area contributed by atoms with Gasteiger partial charge in [0.25, 0.3) is 5.91 Å². The minimum atomic E-state index is -0.379. The Balaban J connectivity index is 1.97. The fraction of sp³-hybridized carbons (Fsp3) is 0.0714. The summed E-state index contributed by atoms with van der Waals surface area (Å²) >= 11 is 23.5. The lowest BCUT2D eigenvalue weighted by molar-refractivity contribution is -0.118. The number of carbonyl (C=O) groups is 1. The smallest absolute Gasteiger partial charge is 0.262 e. The van der Waals surface area contributed by atoms with Crippen molar-refractivity contribution in [1.29, 1.82) is 0 Å². The second kappa shape index (κ2) is 7.23. The molecule has 0 saturated carbocycles. The van der Waals surface area contributed by atoms with Gasteiger partial charge in [-0.1, -0.05) is 46.4 Å². The lowest BCUT2D eigenvalue weighted by Gasteiger charge is -2.10. The van der Waals surface area contributed by atoms with Crippen molar-refractivity contribution in [2.45, 2.75) is 0 Å². The predicted molar refractivity (Wildman–Crippen MR) is 87.0 cm³/mol. The topological polar surface area (TPSA) is 38.3 Å². The molecule has 0 aromatic heterocycles. The van der Waals surface area contributed by atoms with Gasteiger partial charge >= 0.3 is 0 Å². The number of ether oxygens (including phenoxy) is 1. The monoisotopic (exact) mass is 363 g/mol. The van der Waals surface area contributed by atoms with Crippen LogP contribution in [0.2, 0.25) is 20.1 Å². The lowest BCUT2D eigenvalue weighted by Crippen LogP contribution is -2.20. The number of anilines is 1. The van der Waals surface area contributed by atoms with Crippen molar-refractivity contribution in [2.24, 2.45) is 0 Å². The van der Waals surface area contributed by atoms with E-state index in [1.54, 1.807) is 24.3 Å². The Morgan fingerprint density at radius 2 is 1.62 bits per heavy atom. The highest BCUT2D eigenvalue weighted by Gasteiger charge is 2.09. The van der Waals surface area contributed by atoms with Gasteiger partial charge in [-0.3, -0.25) is 4.79 Å². The molecule has 2 aromatic carbocycles. The van der Waals surface area contributed by atoms with Crippen LogP contribution in [0.4, 0.5) is 5.69 Å². The van der Waals surface area contributed by atoms with E-state index >= 15 is 0 Å². The highest BCUT2D eigenvalue weighted by atomic mass is 35.5. The number of nitrogens with one attached hydrogen (secondary N) is 1. The molecule has 0 unspecified atom stereocenters. The van der Waals surface area contributed by atoms with E-state index in [4.69, 9.17) is 51.1 Å². The Hall–Kier alpha value is -1.13. The summed E-state index contributed by atoms with van der Waals surface area (Å²) in [7, 11) is 0. The summed E-state index contributed by atoms with van der Waals surface area (Å²) in [5, 5.41) is 4.28. The second-order valence-electron chi connectivity index (χ2n) is 4.04. The zero-order chi connectivity index (χ0) is 15.4. The molecule has 7 heteroatoms. The number of hydrogen-bond acceptors (Lipinski definition) is 2. The molecule has 0 spiro atoms. The third-order valence-corrected chi connectivity index (χ3v) is 3.55. The summed E-state index contributed by atoms with van der Waals surface area (Å²) < 4.78 is 5.32. The Kier molecular flexibility index (Phi) is 5.59. The van der Waals surface area contributed by atoms with Crippen LogP contribution < -0.4 is 10.1 Å². The average Bonchev–Trinajstić information content (AvgIpc) is 2.43. The number of rotatable bonds is 4. The maximum absolute atomic E-state index is 11.8. The van der Waals surface area contributed by atoms with E-state index in [1.807, 2.05) is 0 Å². The van der Waals surface area contributed by atoms with E-state index in [0.717, 1.165) is 0 Å². The average molecular weight is 365 g/mol. The molecule has 0 heterocycles. The van der Waals surface area contributed by atoms with E-state index in [1.165, 1.54) is 12.1 Å². The van der Waals surface area contributed by atoms with Crippen molar-refractivity contribution in [1.82, 2.24) is 0 Å². The molecule has 0 aliphatic heterocycles. The molecule has 2 aromatic rings.